The second-order valence-electron chi connectivity index (χ2n) is 4.34. The summed E-state index contributed by atoms with van der Waals surface area (Å²) in [6, 6.07) is 18.5. The molecule has 1 heterocycles. The molecular weight excluding hydrogens is 236 g/mol. The summed E-state index contributed by atoms with van der Waals surface area (Å²) in [6.45, 7) is 0. The van der Waals surface area contributed by atoms with Crippen molar-refractivity contribution in [3.8, 4) is 5.69 Å². The predicted octanol–water partition coefficient (Wildman–Crippen LogP) is 2.44. The van der Waals surface area contributed by atoms with Gasteiger partial charge in [0.05, 0.1) is 5.69 Å². The van der Waals surface area contributed by atoms with Crippen molar-refractivity contribution in [3.63, 3.8) is 0 Å². The SMILES string of the molecule is Nc1ncn(-c2ccccc2Cc2ccccc2)n1. The van der Waals surface area contributed by atoms with Crippen LogP contribution in [0.15, 0.2) is 60.9 Å². The third-order valence-corrected chi connectivity index (χ3v) is 2.99. The molecule has 0 radical (unpaired) electrons. The minimum absolute atomic E-state index is 0.287. The summed E-state index contributed by atoms with van der Waals surface area (Å²) >= 11 is 0. The molecule has 0 aliphatic rings. The van der Waals surface area contributed by atoms with Crippen molar-refractivity contribution < 1.29 is 0 Å². The molecule has 2 aromatic carbocycles. The van der Waals surface area contributed by atoms with Gasteiger partial charge in [0, 0.05) is 0 Å². The maximum atomic E-state index is 5.58. The highest BCUT2D eigenvalue weighted by Gasteiger charge is 2.06. The van der Waals surface area contributed by atoms with Gasteiger partial charge in [0.2, 0.25) is 5.95 Å². The number of aromatic nitrogens is 3. The summed E-state index contributed by atoms with van der Waals surface area (Å²) in [6.07, 6.45) is 2.50. The minimum Gasteiger partial charge on any atom is -0.366 e. The lowest BCUT2D eigenvalue weighted by Gasteiger charge is -2.08. The normalized spacial score (nSPS) is 10.5. The van der Waals surface area contributed by atoms with Gasteiger partial charge in [-0.1, -0.05) is 48.5 Å². The van der Waals surface area contributed by atoms with E-state index in [9.17, 15) is 0 Å². The van der Waals surface area contributed by atoms with Gasteiger partial charge in [-0.25, -0.2) is 9.67 Å². The van der Waals surface area contributed by atoms with Crippen LogP contribution in [0.25, 0.3) is 5.69 Å². The highest BCUT2D eigenvalue weighted by Crippen LogP contribution is 2.17. The van der Waals surface area contributed by atoms with Crippen LogP contribution >= 0.6 is 0 Å². The molecule has 3 rings (SSSR count). The Morgan fingerprint density at radius 1 is 0.947 bits per heavy atom. The zero-order valence-electron chi connectivity index (χ0n) is 10.4. The third kappa shape index (κ3) is 2.47. The molecule has 0 saturated heterocycles. The van der Waals surface area contributed by atoms with Crippen molar-refractivity contribution in [1.29, 1.82) is 0 Å². The first-order valence-corrected chi connectivity index (χ1v) is 6.12. The van der Waals surface area contributed by atoms with Crippen LogP contribution in [0.1, 0.15) is 11.1 Å². The summed E-state index contributed by atoms with van der Waals surface area (Å²) in [7, 11) is 0. The predicted molar refractivity (Wildman–Crippen MR) is 75.0 cm³/mol. The van der Waals surface area contributed by atoms with Crippen LogP contribution in [0, 0.1) is 0 Å². The molecule has 4 nitrogen and oxygen atoms in total. The largest absolute Gasteiger partial charge is 0.366 e. The Bertz CT molecular complexity index is 673. The third-order valence-electron chi connectivity index (χ3n) is 2.99. The summed E-state index contributed by atoms with van der Waals surface area (Å²) < 4.78 is 1.72. The first kappa shape index (κ1) is 11.5. The summed E-state index contributed by atoms with van der Waals surface area (Å²) in [5, 5.41) is 4.17. The van der Waals surface area contributed by atoms with Gasteiger partial charge in [0.1, 0.15) is 6.33 Å². The number of nitrogens with two attached hydrogens (primary N) is 1. The van der Waals surface area contributed by atoms with E-state index >= 15 is 0 Å². The molecular formula is C15H14N4. The van der Waals surface area contributed by atoms with Gasteiger partial charge >= 0.3 is 0 Å². The fourth-order valence-corrected chi connectivity index (χ4v) is 2.09. The molecule has 0 spiro atoms. The first-order valence-electron chi connectivity index (χ1n) is 6.12. The number of rotatable bonds is 3. The Labute approximate surface area is 111 Å². The van der Waals surface area contributed by atoms with Gasteiger partial charge < -0.3 is 5.73 Å². The molecule has 0 unspecified atom stereocenters. The van der Waals surface area contributed by atoms with Gasteiger partial charge in [-0.3, -0.25) is 0 Å². The molecule has 19 heavy (non-hydrogen) atoms. The summed E-state index contributed by atoms with van der Waals surface area (Å²) in [4.78, 5) is 3.97. The first-order chi connectivity index (χ1) is 9.33. The Kier molecular flexibility index (Phi) is 2.98. The van der Waals surface area contributed by atoms with Gasteiger partial charge in [0.25, 0.3) is 0 Å². The van der Waals surface area contributed by atoms with Crippen LogP contribution in [0.4, 0.5) is 5.95 Å². The Morgan fingerprint density at radius 2 is 1.68 bits per heavy atom. The van der Waals surface area contributed by atoms with E-state index in [0.717, 1.165) is 12.1 Å². The molecule has 0 amide bonds. The van der Waals surface area contributed by atoms with Crippen molar-refractivity contribution in [1.82, 2.24) is 14.8 Å². The zero-order valence-corrected chi connectivity index (χ0v) is 10.4. The zero-order chi connectivity index (χ0) is 13.1. The Balaban J connectivity index is 1.98. The molecule has 0 saturated carbocycles. The van der Waals surface area contributed by atoms with Crippen molar-refractivity contribution in [3.05, 3.63) is 72.1 Å². The number of anilines is 1. The van der Waals surface area contributed by atoms with E-state index in [1.54, 1.807) is 11.0 Å². The lowest BCUT2D eigenvalue weighted by Crippen LogP contribution is -2.01. The van der Waals surface area contributed by atoms with Crippen LogP contribution in [-0.2, 0) is 6.42 Å². The second-order valence-corrected chi connectivity index (χ2v) is 4.34. The van der Waals surface area contributed by atoms with E-state index in [1.807, 2.05) is 36.4 Å². The molecule has 94 valence electrons. The van der Waals surface area contributed by atoms with Crippen LogP contribution in [0.2, 0.25) is 0 Å². The van der Waals surface area contributed by atoms with Gasteiger partial charge in [0.15, 0.2) is 0 Å². The highest BCUT2D eigenvalue weighted by atomic mass is 15.4. The van der Waals surface area contributed by atoms with E-state index < -0.39 is 0 Å². The molecule has 2 N–H and O–H groups in total. The lowest BCUT2D eigenvalue weighted by atomic mass is 10.0. The van der Waals surface area contributed by atoms with Crippen molar-refractivity contribution in [2.45, 2.75) is 6.42 Å². The van der Waals surface area contributed by atoms with Crippen LogP contribution in [0.5, 0.6) is 0 Å². The smallest absolute Gasteiger partial charge is 0.239 e. The Hall–Kier alpha value is -2.62. The standard InChI is InChI=1S/C15H14N4/c16-15-17-11-19(18-15)14-9-5-4-8-13(14)10-12-6-2-1-3-7-12/h1-9,11H,10H2,(H2,16,18). The number of nitrogens with zero attached hydrogens (tertiary/aromatic N) is 3. The van der Waals surface area contributed by atoms with Gasteiger partial charge in [-0.15, -0.1) is 5.10 Å². The van der Waals surface area contributed by atoms with Crippen LogP contribution in [-0.4, -0.2) is 14.8 Å². The topological polar surface area (TPSA) is 56.7 Å². The van der Waals surface area contributed by atoms with Crippen molar-refractivity contribution >= 4 is 5.95 Å². The fourth-order valence-electron chi connectivity index (χ4n) is 2.09. The Morgan fingerprint density at radius 3 is 2.42 bits per heavy atom. The molecule has 0 aliphatic carbocycles. The van der Waals surface area contributed by atoms with Gasteiger partial charge in [-0.2, -0.15) is 0 Å². The summed E-state index contributed by atoms with van der Waals surface area (Å²) in [5.41, 5.74) is 9.05. The van der Waals surface area contributed by atoms with Crippen molar-refractivity contribution in [2.75, 3.05) is 5.73 Å². The number of nitrogen functional groups attached to an aromatic ring is 1. The maximum Gasteiger partial charge on any atom is 0.239 e. The minimum atomic E-state index is 0.287. The number of para-hydroxylation sites is 1. The molecule has 0 fully saturated rings. The van der Waals surface area contributed by atoms with E-state index in [-0.39, 0.29) is 5.95 Å². The molecule has 4 heteroatoms. The lowest BCUT2D eigenvalue weighted by molar-refractivity contribution is 0.868. The second kappa shape index (κ2) is 4.94. The van der Waals surface area contributed by atoms with E-state index in [1.165, 1.54) is 11.1 Å². The van der Waals surface area contributed by atoms with Crippen LogP contribution in [0.3, 0.4) is 0 Å². The molecule has 3 aromatic rings. The van der Waals surface area contributed by atoms with E-state index in [4.69, 9.17) is 5.73 Å². The quantitative estimate of drug-likeness (QED) is 0.776. The van der Waals surface area contributed by atoms with Gasteiger partial charge in [-0.05, 0) is 23.6 Å². The average Bonchev–Trinajstić information content (AvgIpc) is 2.87. The van der Waals surface area contributed by atoms with Crippen LogP contribution < -0.4 is 5.73 Å². The molecule has 0 aliphatic heterocycles. The molecule has 0 atom stereocenters. The fraction of sp³-hybridized carbons (Fsp3) is 0.0667. The number of benzene rings is 2. The number of hydrogen-bond donors (Lipinski definition) is 1. The molecule has 0 bridgehead atoms. The highest BCUT2D eigenvalue weighted by molar-refractivity contribution is 5.43. The van der Waals surface area contributed by atoms with Crippen molar-refractivity contribution in [2.24, 2.45) is 0 Å². The summed E-state index contributed by atoms with van der Waals surface area (Å²) in [5.74, 6) is 0.287. The monoisotopic (exact) mass is 250 g/mol. The molecule has 1 aromatic heterocycles. The maximum absolute atomic E-state index is 5.58. The van der Waals surface area contributed by atoms with E-state index in [0.29, 0.717) is 0 Å². The van der Waals surface area contributed by atoms with E-state index in [2.05, 4.69) is 28.3 Å². The average molecular weight is 250 g/mol. The number of hydrogen-bond acceptors (Lipinski definition) is 3.